The minimum atomic E-state index is -0.211. The predicted molar refractivity (Wildman–Crippen MR) is 102 cm³/mol. The van der Waals surface area contributed by atoms with Gasteiger partial charge in [-0.05, 0) is 37.2 Å². The Hall–Kier alpha value is -2.82. The normalized spacial score (nSPS) is 23.1. The molecule has 8 nitrogen and oxygen atoms in total. The monoisotopic (exact) mass is 355 g/mol. The summed E-state index contributed by atoms with van der Waals surface area (Å²) in [4.78, 5) is 24.4. The van der Waals surface area contributed by atoms with Crippen molar-refractivity contribution in [3.63, 3.8) is 0 Å². The molecule has 0 radical (unpaired) electrons. The molecule has 2 fully saturated rings. The molecule has 2 aliphatic carbocycles. The van der Waals surface area contributed by atoms with Gasteiger partial charge in [0.1, 0.15) is 0 Å². The molecule has 3 rings (SSSR count). The lowest BCUT2D eigenvalue weighted by atomic mass is 9.95. The first-order chi connectivity index (χ1) is 12.7. The molecular formula is C18H25N7O. The van der Waals surface area contributed by atoms with Crippen LogP contribution >= 0.6 is 0 Å². The Labute approximate surface area is 153 Å². The van der Waals surface area contributed by atoms with E-state index in [1.165, 1.54) is 31.8 Å². The van der Waals surface area contributed by atoms with Crippen molar-refractivity contribution < 1.29 is 4.79 Å². The number of hydrogen-bond acceptors (Lipinski definition) is 7. The summed E-state index contributed by atoms with van der Waals surface area (Å²) in [6.07, 6.45) is 11.7. The molecule has 0 spiro atoms. The number of nitrogens with one attached hydrogen (secondary N) is 4. The van der Waals surface area contributed by atoms with E-state index in [4.69, 9.17) is 6.42 Å². The van der Waals surface area contributed by atoms with Crippen molar-refractivity contribution >= 4 is 23.8 Å². The van der Waals surface area contributed by atoms with E-state index in [9.17, 15) is 4.79 Å². The number of rotatable bonds is 9. The van der Waals surface area contributed by atoms with Crippen LogP contribution in [0.1, 0.15) is 25.7 Å². The van der Waals surface area contributed by atoms with Gasteiger partial charge in [-0.25, -0.2) is 0 Å². The Morgan fingerprint density at radius 3 is 2.58 bits per heavy atom. The molecule has 138 valence electrons. The highest BCUT2D eigenvalue weighted by Gasteiger charge is 2.39. The van der Waals surface area contributed by atoms with Gasteiger partial charge in [0.05, 0.1) is 6.54 Å². The molecule has 0 aromatic carbocycles. The van der Waals surface area contributed by atoms with Gasteiger partial charge >= 0.3 is 0 Å². The standard InChI is InChI=1S/C18H25N7O/c1-3-7-20-16-23-17(21-9-8-19-15(26)4-2)25-18(24-16)22-14-11-12-5-6-13(14)10-12/h1,4,12-14H,2,5-11H2,(H,19,26)(H3,20,21,22,23,24,25)/t12-,13+,14?/m0/s1. The number of carbonyl (C=O) groups excluding carboxylic acids is 1. The molecule has 1 aromatic heterocycles. The summed E-state index contributed by atoms with van der Waals surface area (Å²) in [7, 11) is 0. The lowest BCUT2D eigenvalue weighted by Gasteiger charge is -2.23. The molecule has 0 aliphatic heterocycles. The second-order valence-electron chi connectivity index (χ2n) is 6.71. The Balaban J connectivity index is 1.62. The van der Waals surface area contributed by atoms with Crippen LogP contribution in [0.5, 0.6) is 0 Å². The van der Waals surface area contributed by atoms with Gasteiger partial charge in [0, 0.05) is 19.1 Å². The van der Waals surface area contributed by atoms with E-state index in [1.807, 2.05) is 0 Å². The molecule has 8 heteroatoms. The number of amides is 1. The van der Waals surface area contributed by atoms with Gasteiger partial charge in [-0.3, -0.25) is 4.79 Å². The van der Waals surface area contributed by atoms with Gasteiger partial charge in [-0.1, -0.05) is 18.9 Å². The van der Waals surface area contributed by atoms with E-state index in [1.54, 1.807) is 0 Å². The molecule has 1 unspecified atom stereocenters. The highest BCUT2D eigenvalue weighted by atomic mass is 16.1. The number of fused-ring (bicyclic) bond motifs is 2. The van der Waals surface area contributed by atoms with E-state index in [-0.39, 0.29) is 5.91 Å². The van der Waals surface area contributed by atoms with Crippen molar-refractivity contribution in [1.29, 1.82) is 0 Å². The van der Waals surface area contributed by atoms with Crippen molar-refractivity contribution in [3.8, 4) is 12.3 Å². The van der Waals surface area contributed by atoms with Crippen LogP contribution in [0.4, 0.5) is 17.8 Å². The molecular weight excluding hydrogens is 330 g/mol. The Morgan fingerprint density at radius 1 is 1.15 bits per heavy atom. The minimum Gasteiger partial charge on any atom is -0.352 e. The average Bonchev–Trinajstić information content (AvgIpc) is 3.26. The fourth-order valence-electron chi connectivity index (χ4n) is 3.75. The predicted octanol–water partition coefficient (Wildman–Crippen LogP) is 1.23. The zero-order valence-corrected chi connectivity index (χ0v) is 14.8. The van der Waals surface area contributed by atoms with Crippen molar-refractivity contribution in [2.24, 2.45) is 11.8 Å². The zero-order valence-electron chi connectivity index (χ0n) is 14.8. The second kappa shape index (κ2) is 8.52. The van der Waals surface area contributed by atoms with Crippen LogP contribution in [0.3, 0.4) is 0 Å². The van der Waals surface area contributed by atoms with E-state index in [0.29, 0.717) is 49.4 Å². The Kier molecular flexibility index (Phi) is 5.89. The number of terminal acetylenes is 1. The number of hydrogen-bond donors (Lipinski definition) is 4. The molecule has 26 heavy (non-hydrogen) atoms. The third kappa shape index (κ3) is 4.63. The van der Waals surface area contributed by atoms with Crippen molar-refractivity contribution in [1.82, 2.24) is 20.3 Å². The largest absolute Gasteiger partial charge is 0.352 e. The number of anilines is 3. The fraction of sp³-hybridized carbons (Fsp3) is 0.556. The maximum atomic E-state index is 11.2. The van der Waals surface area contributed by atoms with Crippen molar-refractivity contribution in [2.75, 3.05) is 35.6 Å². The van der Waals surface area contributed by atoms with E-state index in [0.717, 1.165) is 5.92 Å². The first-order valence-electron chi connectivity index (χ1n) is 9.02. The Bertz CT molecular complexity index is 699. The summed E-state index contributed by atoms with van der Waals surface area (Å²) in [5, 5.41) is 12.3. The summed E-state index contributed by atoms with van der Waals surface area (Å²) in [5.74, 6) is 5.28. The van der Waals surface area contributed by atoms with Crippen molar-refractivity contribution in [2.45, 2.75) is 31.7 Å². The molecule has 2 aliphatic rings. The first-order valence-corrected chi connectivity index (χ1v) is 9.02. The smallest absolute Gasteiger partial charge is 0.243 e. The summed E-state index contributed by atoms with van der Waals surface area (Å²) < 4.78 is 0. The molecule has 1 amide bonds. The molecule has 1 heterocycles. The lowest BCUT2D eigenvalue weighted by molar-refractivity contribution is -0.116. The summed E-state index contributed by atoms with van der Waals surface area (Å²) in [6.45, 7) is 4.69. The number of nitrogens with zero attached hydrogens (tertiary/aromatic N) is 3. The third-order valence-corrected chi connectivity index (χ3v) is 4.93. The van der Waals surface area contributed by atoms with Crippen LogP contribution in [-0.2, 0) is 4.79 Å². The van der Waals surface area contributed by atoms with Gasteiger partial charge in [0.25, 0.3) is 0 Å². The second-order valence-corrected chi connectivity index (χ2v) is 6.71. The molecule has 3 atom stereocenters. The third-order valence-electron chi connectivity index (χ3n) is 4.93. The van der Waals surface area contributed by atoms with Gasteiger partial charge < -0.3 is 21.3 Å². The molecule has 2 bridgehead atoms. The highest BCUT2D eigenvalue weighted by molar-refractivity contribution is 5.86. The fourth-order valence-corrected chi connectivity index (χ4v) is 3.75. The number of carbonyl (C=O) groups is 1. The van der Waals surface area contributed by atoms with Crippen LogP contribution in [0.25, 0.3) is 0 Å². The quantitative estimate of drug-likeness (QED) is 0.300. The van der Waals surface area contributed by atoms with Crippen LogP contribution in [0.2, 0.25) is 0 Å². The van der Waals surface area contributed by atoms with E-state index in [2.05, 4.69) is 48.7 Å². The Morgan fingerprint density at radius 2 is 1.92 bits per heavy atom. The van der Waals surface area contributed by atoms with Crippen LogP contribution < -0.4 is 21.3 Å². The minimum absolute atomic E-state index is 0.211. The maximum Gasteiger partial charge on any atom is 0.243 e. The van der Waals surface area contributed by atoms with Gasteiger partial charge in [-0.15, -0.1) is 6.42 Å². The van der Waals surface area contributed by atoms with Crippen LogP contribution in [0.15, 0.2) is 12.7 Å². The summed E-state index contributed by atoms with van der Waals surface area (Å²) in [5.41, 5.74) is 0. The van der Waals surface area contributed by atoms with Gasteiger partial charge in [-0.2, -0.15) is 15.0 Å². The van der Waals surface area contributed by atoms with E-state index < -0.39 is 0 Å². The zero-order chi connectivity index (χ0) is 18.4. The summed E-state index contributed by atoms with van der Waals surface area (Å²) >= 11 is 0. The van der Waals surface area contributed by atoms with Gasteiger partial charge in [0.2, 0.25) is 23.8 Å². The molecule has 2 saturated carbocycles. The van der Waals surface area contributed by atoms with Crippen LogP contribution in [-0.4, -0.2) is 46.5 Å². The topological polar surface area (TPSA) is 104 Å². The lowest BCUT2D eigenvalue weighted by Crippen LogP contribution is -2.29. The average molecular weight is 355 g/mol. The van der Waals surface area contributed by atoms with Crippen molar-refractivity contribution in [3.05, 3.63) is 12.7 Å². The van der Waals surface area contributed by atoms with Gasteiger partial charge in [0.15, 0.2) is 0 Å². The summed E-state index contributed by atoms with van der Waals surface area (Å²) in [6, 6.07) is 0.427. The van der Waals surface area contributed by atoms with E-state index >= 15 is 0 Å². The first kappa shape index (κ1) is 18.0. The number of aromatic nitrogens is 3. The SMILES string of the molecule is C#CCNc1nc(NCCNC(=O)C=C)nc(NC2C[C@H]3CC[C@@H]2C3)n1. The maximum absolute atomic E-state index is 11.2. The molecule has 0 saturated heterocycles. The highest BCUT2D eigenvalue weighted by Crippen LogP contribution is 2.45. The molecule has 4 N–H and O–H groups in total. The van der Waals surface area contributed by atoms with Crippen LogP contribution in [0, 0.1) is 24.2 Å². The molecule has 1 aromatic rings.